The van der Waals surface area contributed by atoms with E-state index in [4.69, 9.17) is 4.98 Å². The molecule has 1 aromatic carbocycles. The van der Waals surface area contributed by atoms with Gasteiger partial charge in [0.1, 0.15) is 12.3 Å². The summed E-state index contributed by atoms with van der Waals surface area (Å²) in [5.74, 6) is 0.0720. The number of rotatable bonds is 5. The van der Waals surface area contributed by atoms with Gasteiger partial charge < -0.3 is 14.9 Å². The third-order valence-corrected chi connectivity index (χ3v) is 6.26. The Hall–Kier alpha value is -2.73. The minimum atomic E-state index is -1.22. The highest BCUT2D eigenvalue weighted by molar-refractivity contribution is 5.97. The van der Waals surface area contributed by atoms with Crippen molar-refractivity contribution in [3.8, 4) is 0 Å². The number of halogens is 1. The van der Waals surface area contributed by atoms with Crippen molar-refractivity contribution in [1.29, 1.82) is 0 Å². The third-order valence-electron chi connectivity index (χ3n) is 6.26. The van der Waals surface area contributed by atoms with Gasteiger partial charge in [0.2, 0.25) is 0 Å². The molecule has 2 fully saturated rings. The van der Waals surface area contributed by atoms with Crippen molar-refractivity contribution in [2.45, 2.75) is 44.0 Å². The van der Waals surface area contributed by atoms with E-state index in [1.165, 1.54) is 0 Å². The Morgan fingerprint density at radius 1 is 1.33 bits per heavy atom. The number of alkyl halides is 1. The predicted molar refractivity (Wildman–Crippen MR) is 116 cm³/mol. The number of pyridine rings is 1. The van der Waals surface area contributed by atoms with Gasteiger partial charge in [-0.3, -0.25) is 9.78 Å². The van der Waals surface area contributed by atoms with Crippen LogP contribution in [0.5, 0.6) is 0 Å². The fourth-order valence-electron chi connectivity index (χ4n) is 4.36. The zero-order valence-corrected chi connectivity index (χ0v) is 17.5. The second-order valence-electron chi connectivity index (χ2n) is 8.22. The maximum Gasteiger partial charge on any atom is 0.255 e. The summed E-state index contributed by atoms with van der Waals surface area (Å²) in [7, 11) is 1.80. The van der Waals surface area contributed by atoms with Crippen molar-refractivity contribution in [3.63, 3.8) is 0 Å². The van der Waals surface area contributed by atoms with Gasteiger partial charge in [0.15, 0.2) is 0 Å². The first kappa shape index (κ1) is 20.5. The summed E-state index contributed by atoms with van der Waals surface area (Å²) in [5.41, 5.74) is 3.01. The van der Waals surface area contributed by atoms with E-state index in [0.717, 1.165) is 23.0 Å². The van der Waals surface area contributed by atoms with Gasteiger partial charge >= 0.3 is 0 Å². The van der Waals surface area contributed by atoms with Gasteiger partial charge in [-0.25, -0.2) is 4.39 Å². The number of nitrogens with zero attached hydrogens (tertiary/aromatic N) is 3. The number of likely N-dealkylation sites (N-methyl/N-ethyl adjacent to an activating group) is 1. The van der Waals surface area contributed by atoms with E-state index < -0.39 is 12.3 Å². The van der Waals surface area contributed by atoms with E-state index >= 15 is 0 Å². The van der Waals surface area contributed by atoms with Crippen LogP contribution in [0.4, 0.5) is 4.39 Å². The largest absolute Gasteiger partial charge is 0.388 e. The Morgan fingerprint density at radius 2 is 2.10 bits per heavy atom. The zero-order chi connectivity index (χ0) is 21.4. The van der Waals surface area contributed by atoms with E-state index in [1.807, 2.05) is 48.2 Å². The van der Waals surface area contributed by atoms with Gasteiger partial charge in [-0.2, -0.15) is 0 Å². The molecule has 5 nitrogen and oxygen atoms in total. The molecule has 4 atom stereocenters. The summed E-state index contributed by atoms with van der Waals surface area (Å²) in [6.45, 7) is 6.49. The van der Waals surface area contributed by atoms with Gasteiger partial charge in [-0.05, 0) is 31.9 Å². The number of β-amino-alcohol motifs (C(OH)–C–C–N with tert-alkyl or cyclic N) is 1. The molecule has 1 saturated carbocycles. The highest BCUT2D eigenvalue weighted by Gasteiger charge is 2.45. The van der Waals surface area contributed by atoms with Gasteiger partial charge in [-0.15, -0.1) is 0 Å². The molecule has 158 valence electrons. The number of carbonyl (C=O) groups is 1. The summed E-state index contributed by atoms with van der Waals surface area (Å²) in [6, 6.07) is 12.2. The Labute approximate surface area is 176 Å². The van der Waals surface area contributed by atoms with Crippen molar-refractivity contribution >= 4 is 16.8 Å². The van der Waals surface area contributed by atoms with Crippen LogP contribution in [0, 0.1) is 0 Å². The number of aromatic nitrogens is 1. The number of hydrogen-bond acceptors (Lipinski definition) is 4. The van der Waals surface area contributed by atoms with E-state index in [2.05, 4.69) is 12.6 Å². The Bertz CT molecular complexity index is 1000. The predicted octanol–water partition coefficient (Wildman–Crippen LogP) is 3.41. The first-order valence-electron chi connectivity index (χ1n) is 10.5. The fourth-order valence-corrected chi connectivity index (χ4v) is 4.36. The average Bonchev–Trinajstić information content (AvgIpc) is 3.56. The van der Waals surface area contributed by atoms with Crippen molar-refractivity contribution < 1.29 is 14.3 Å². The number of allylic oxidation sites excluding steroid dienone is 1. The quantitative estimate of drug-likeness (QED) is 0.607. The first-order chi connectivity index (χ1) is 14.4. The number of carbonyl (C=O) groups excluding carboxylic acids is 1. The summed E-state index contributed by atoms with van der Waals surface area (Å²) >= 11 is 0. The third kappa shape index (κ3) is 3.84. The van der Waals surface area contributed by atoms with Crippen molar-refractivity contribution in [2.75, 3.05) is 20.1 Å². The maximum atomic E-state index is 13.6. The second-order valence-corrected chi connectivity index (χ2v) is 8.22. The summed E-state index contributed by atoms with van der Waals surface area (Å²) in [6.07, 6.45) is 0.676. The Balaban J connectivity index is 1.43. The molecular weight excluding hydrogens is 381 g/mol. The Kier molecular flexibility index (Phi) is 5.60. The summed E-state index contributed by atoms with van der Waals surface area (Å²) in [5, 5.41) is 11.0. The minimum absolute atomic E-state index is 0.0863. The van der Waals surface area contributed by atoms with Gasteiger partial charge in [0.25, 0.3) is 5.91 Å². The molecule has 1 aliphatic heterocycles. The molecule has 0 spiro atoms. The lowest BCUT2D eigenvalue weighted by Crippen LogP contribution is -2.45. The number of benzene rings is 1. The van der Waals surface area contributed by atoms with E-state index in [-0.39, 0.29) is 30.8 Å². The van der Waals surface area contributed by atoms with Crippen LogP contribution in [-0.2, 0) is 4.79 Å². The van der Waals surface area contributed by atoms with Gasteiger partial charge in [0.05, 0.1) is 11.1 Å². The molecule has 1 aromatic heterocycles. The number of para-hydroxylation sites is 1. The van der Waals surface area contributed by atoms with Gasteiger partial charge in [-0.1, -0.05) is 36.9 Å². The van der Waals surface area contributed by atoms with Gasteiger partial charge in [0, 0.05) is 48.9 Å². The van der Waals surface area contributed by atoms with Crippen LogP contribution in [0.2, 0.25) is 0 Å². The highest BCUT2D eigenvalue weighted by atomic mass is 19.1. The molecule has 2 heterocycles. The number of aliphatic hydroxyl groups is 1. The highest BCUT2D eigenvalue weighted by Crippen LogP contribution is 2.44. The summed E-state index contributed by atoms with van der Waals surface area (Å²) < 4.78 is 13.6. The SMILES string of the molecule is C=C(C(=O)N(C)C1CC1c1ccc2ccccc2n1)/C(=C\C)N1CC[C@@H](F)[C@H](O)C1. The number of fused-ring (bicyclic) bond motifs is 1. The second kappa shape index (κ2) is 8.19. The molecule has 2 aromatic rings. The minimum Gasteiger partial charge on any atom is -0.388 e. The molecule has 1 amide bonds. The maximum absolute atomic E-state index is 13.6. The number of aliphatic hydroxyl groups excluding tert-OH is 1. The number of hydrogen-bond donors (Lipinski definition) is 1. The normalized spacial score (nSPS) is 26.5. The molecule has 4 rings (SSSR count). The molecule has 0 bridgehead atoms. The van der Waals surface area contributed by atoms with E-state index in [1.54, 1.807) is 11.9 Å². The topological polar surface area (TPSA) is 56.7 Å². The van der Waals surface area contributed by atoms with Crippen LogP contribution in [0.3, 0.4) is 0 Å². The van der Waals surface area contributed by atoms with Crippen molar-refractivity contribution in [2.24, 2.45) is 0 Å². The molecule has 1 aliphatic carbocycles. The average molecular weight is 410 g/mol. The monoisotopic (exact) mass is 409 g/mol. The first-order valence-corrected chi connectivity index (χ1v) is 10.5. The molecule has 1 N–H and O–H groups in total. The molecule has 6 heteroatoms. The van der Waals surface area contributed by atoms with Crippen LogP contribution in [-0.4, -0.2) is 64.3 Å². The van der Waals surface area contributed by atoms with Crippen LogP contribution < -0.4 is 0 Å². The van der Waals surface area contributed by atoms with Crippen LogP contribution in [0.1, 0.15) is 31.4 Å². The standard InChI is InChI=1S/C24H28FN3O2/c1-4-21(28-12-11-18(25)23(29)14-28)15(2)24(30)27(3)22-13-17(22)20-10-9-16-7-5-6-8-19(16)26-20/h4-10,17-18,22-23,29H,2,11-14H2,1,3H3/b21-4+/t17?,18-,22?,23-/m1/s1. The molecule has 2 unspecified atom stereocenters. The van der Waals surface area contributed by atoms with Crippen molar-refractivity contribution in [1.82, 2.24) is 14.8 Å². The number of likely N-dealkylation sites (tertiary alicyclic amines) is 1. The van der Waals surface area contributed by atoms with Crippen molar-refractivity contribution in [3.05, 3.63) is 66.0 Å². The van der Waals surface area contributed by atoms with Crippen LogP contribution >= 0.6 is 0 Å². The van der Waals surface area contributed by atoms with Crippen LogP contribution in [0.25, 0.3) is 10.9 Å². The number of piperidine rings is 1. The van der Waals surface area contributed by atoms with Crippen LogP contribution in [0.15, 0.2) is 60.3 Å². The molecule has 1 saturated heterocycles. The molecular formula is C24H28FN3O2. The summed E-state index contributed by atoms with van der Waals surface area (Å²) in [4.78, 5) is 21.5. The molecule has 2 aliphatic rings. The van der Waals surface area contributed by atoms with E-state index in [0.29, 0.717) is 17.8 Å². The lowest BCUT2D eigenvalue weighted by molar-refractivity contribution is -0.126. The lowest BCUT2D eigenvalue weighted by Gasteiger charge is -2.36. The number of amides is 1. The lowest BCUT2D eigenvalue weighted by atomic mass is 10.0. The van der Waals surface area contributed by atoms with E-state index in [9.17, 15) is 14.3 Å². The Morgan fingerprint density at radius 3 is 2.83 bits per heavy atom. The molecule has 30 heavy (non-hydrogen) atoms. The smallest absolute Gasteiger partial charge is 0.255 e. The molecule has 0 radical (unpaired) electrons. The zero-order valence-electron chi connectivity index (χ0n) is 17.5. The fraction of sp³-hybridized carbons (Fsp3) is 0.417.